The molecule has 0 spiro atoms. The number of aryl methyl sites for hydroxylation is 1. The second kappa shape index (κ2) is 5.05. The highest BCUT2D eigenvalue weighted by Crippen LogP contribution is 2.16. The van der Waals surface area contributed by atoms with Crippen molar-refractivity contribution in [1.82, 2.24) is 15.3 Å². The van der Waals surface area contributed by atoms with Crippen molar-refractivity contribution < 1.29 is 0 Å². The molecule has 1 heterocycles. The van der Waals surface area contributed by atoms with Gasteiger partial charge in [-0.05, 0) is 26.5 Å². The van der Waals surface area contributed by atoms with Gasteiger partial charge in [-0.2, -0.15) is 0 Å². The highest BCUT2D eigenvalue weighted by Gasteiger charge is 2.13. The first kappa shape index (κ1) is 11.1. The molecule has 1 N–H and O–H groups in total. The molecule has 3 heteroatoms. The molecule has 0 aliphatic carbocycles. The van der Waals surface area contributed by atoms with Gasteiger partial charge in [-0.1, -0.05) is 13.8 Å². The fourth-order valence-corrected chi connectivity index (χ4v) is 1.36. The molecule has 0 aliphatic rings. The van der Waals surface area contributed by atoms with Crippen LogP contribution in [0.3, 0.4) is 0 Å². The van der Waals surface area contributed by atoms with Crippen molar-refractivity contribution in [3.05, 3.63) is 23.8 Å². The van der Waals surface area contributed by atoms with Gasteiger partial charge in [0.25, 0.3) is 0 Å². The quantitative estimate of drug-likeness (QED) is 0.791. The van der Waals surface area contributed by atoms with E-state index in [9.17, 15) is 0 Å². The van der Waals surface area contributed by atoms with Crippen LogP contribution in [0.1, 0.15) is 38.1 Å². The molecule has 2 unspecified atom stereocenters. The van der Waals surface area contributed by atoms with E-state index in [2.05, 4.69) is 42.1 Å². The third-order valence-corrected chi connectivity index (χ3v) is 2.78. The van der Waals surface area contributed by atoms with Crippen molar-refractivity contribution in [2.24, 2.45) is 0 Å². The number of hydrogen-bond donors (Lipinski definition) is 1. The molecule has 2 atom stereocenters. The Hall–Kier alpha value is -0.960. The van der Waals surface area contributed by atoms with Gasteiger partial charge in [0.15, 0.2) is 0 Å². The molecule has 0 bridgehead atoms. The van der Waals surface area contributed by atoms with Gasteiger partial charge in [-0.15, -0.1) is 0 Å². The van der Waals surface area contributed by atoms with Crippen molar-refractivity contribution >= 4 is 0 Å². The lowest BCUT2D eigenvalue weighted by Gasteiger charge is -2.18. The Kier molecular flexibility index (Phi) is 4.01. The zero-order chi connectivity index (χ0) is 10.6. The van der Waals surface area contributed by atoms with Gasteiger partial charge in [0, 0.05) is 23.3 Å². The number of nitrogens with zero attached hydrogens (tertiary/aromatic N) is 2. The Morgan fingerprint density at radius 1 is 1.36 bits per heavy atom. The summed E-state index contributed by atoms with van der Waals surface area (Å²) in [6, 6.07) is 2.54. The van der Waals surface area contributed by atoms with Gasteiger partial charge in [0.2, 0.25) is 0 Å². The highest BCUT2D eigenvalue weighted by molar-refractivity contribution is 5.13. The first-order valence-corrected chi connectivity index (χ1v) is 5.17. The highest BCUT2D eigenvalue weighted by atomic mass is 14.9. The van der Waals surface area contributed by atoms with E-state index < -0.39 is 0 Å². The molecule has 3 nitrogen and oxygen atoms in total. The molecule has 1 aromatic rings. The molecule has 0 saturated heterocycles. The average Bonchev–Trinajstić information content (AvgIpc) is 2.27. The van der Waals surface area contributed by atoms with Crippen molar-refractivity contribution in [3.8, 4) is 0 Å². The minimum atomic E-state index is 0.424. The molecule has 1 rings (SSSR count). The molecular formula is C11H19N3. The molecule has 0 amide bonds. The Balaban J connectivity index is 2.83. The molecule has 1 aromatic heterocycles. The van der Waals surface area contributed by atoms with Gasteiger partial charge in [0.05, 0.1) is 0 Å². The van der Waals surface area contributed by atoms with Crippen LogP contribution in [0.25, 0.3) is 0 Å². The van der Waals surface area contributed by atoms with E-state index in [0.717, 1.165) is 17.8 Å². The lowest BCUT2D eigenvalue weighted by molar-refractivity contribution is 0.513. The second-order valence-corrected chi connectivity index (χ2v) is 3.65. The van der Waals surface area contributed by atoms with Crippen molar-refractivity contribution in [3.63, 3.8) is 0 Å². The van der Waals surface area contributed by atoms with Crippen molar-refractivity contribution in [1.29, 1.82) is 0 Å². The SMILES string of the molecule is CCc1cc(C(C)C(C)NC)ncn1. The van der Waals surface area contributed by atoms with Crippen LogP contribution in [-0.2, 0) is 6.42 Å². The summed E-state index contributed by atoms with van der Waals surface area (Å²) >= 11 is 0. The number of hydrogen-bond acceptors (Lipinski definition) is 3. The van der Waals surface area contributed by atoms with Crippen LogP contribution in [0, 0.1) is 0 Å². The molecule has 0 aromatic carbocycles. The zero-order valence-corrected chi connectivity index (χ0v) is 9.41. The lowest BCUT2D eigenvalue weighted by Crippen LogP contribution is -2.27. The summed E-state index contributed by atoms with van der Waals surface area (Å²) in [5.74, 6) is 0.424. The number of nitrogens with one attached hydrogen (secondary N) is 1. The Morgan fingerprint density at radius 3 is 2.64 bits per heavy atom. The Bertz CT molecular complexity index is 286. The maximum atomic E-state index is 4.31. The van der Waals surface area contributed by atoms with Crippen molar-refractivity contribution in [2.75, 3.05) is 7.05 Å². The third kappa shape index (κ3) is 2.51. The van der Waals surface area contributed by atoms with Crippen LogP contribution < -0.4 is 5.32 Å². The predicted octanol–water partition coefficient (Wildman–Crippen LogP) is 1.75. The molecule has 0 fully saturated rings. The van der Waals surface area contributed by atoms with Crippen LogP contribution in [0.2, 0.25) is 0 Å². The summed E-state index contributed by atoms with van der Waals surface area (Å²) in [5, 5.41) is 3.24. The van der Waals surface area contributed by atoms with Gasteiger partial charge in [-0.25, -0.2) is 9.97 Å². The van der Waals surface area contributed by atoms with E-state index in [4.69, 9.17) is 0 Å². The molecule has 0 radical (unpaired) electrons. The van der Waals surface area contributed by atoms with E-state index in [1.807, 2.05) is 7.05 Å². The van der Waals surface area contributed by atoms with Gasteiger partial charge >= 0.3 is 0 Å². The summed E-state index contributed by atoms with van der Waals surface area (Å²) < 4.78 is 0. The van der Waals surface area contributed by atoms with Crippen LogP contribution in [-0.4, -0.2) is 23.1 Å². The van der Waals surface area contributed by atoms with Gasteiger partial charge < -0.3 is 5.32 Å². The van der Waals surface area contributed by atoms with Crippen LogP contribution in [0.5, 0.6) is 0 Å². The Morgan fingerprint density at radius 2 is 2.07 bits per heavy atom. The smallest absolute Gasteiger partial charge is 0.115 e. The maximum Gasteiger partial charge on any atom is 0.115 e. The molecular weight excluding hydrogens is 174 g/mol. The number of aromatic nitrogens is 2. The largest absolute Gasteiger partial charge is 0.317 e. The number of rotatable bonds is 4. The summed E-state index contributed by atoms with van der Waals surface area (Å²) in [5.41, 5.74) is 2.24. The van der Waals surface area contributed by atoms with E-state index in [1.54, 1.807) is 6.33 Å². The molecule has 0 aliphatic heterocycles. The summed E-state index contributed by atoms with van der Waals surface area (Å²) in [7, 11) is 1.98. The summed E-state index contributed by atoms with van der Waals surface area (Å²) in [6.07, 6.45) is 2.63. The first-order valence-electron chi connectivity index (χ1n) is 5.17. The van der Waals surface area contributed by atoms with Crippen molar-refractivity contribution in [2.45, 2.75) is 39.2 Å². The predicted molar refractivity (Wildman–Crippen MR) is 58.3 cm³/mol. The normalized spacial score (nSPS) is 15.1. The first-order chi connectivity index (χ1) is 6.69. The van der Waals surface area contributed by atoms with E-state index in [-0.39, 0.29) is 0 Å². The fourth-order valence-electron chi connectivity index (χ4n) is 1.36. The molecule has 0 saturated carbocycles. The maximum absolute atomic E-state index is 4.31. The minimum absolute atomic E-state index is 0.424. The minimum Gasteiger partial charge on any atom is -0.317 e. The standard InChI is InChI=1S/C11H19N3/c1-5-10-6-11(14-7-13-10)8(2)9(3)12-4/h6-9,12H,5H2,1-4H3. The molecule has 78 valence electrons. The summed E-state index contributed by atoms with van der Waals surface area (Å²) in [4.78, 5) is 8.50. The zero-order valence-electron chi connectivity index (χ0n) is 9.41. The second-order valence-electron chi connectivity index (χ2n) is 3.65. The van der Waals surface area contributed by atoms with Crippen LogP contribution >= 0.6 is 0 Å². The fraction of sp³-hybridized carbons (Fsp3) is 0.636. The third-order valence-electron chi connectivity index (χ3n) is 2.78. The van der Waals surface area contributed by atoms with Gasteiger partial charge in [0.1, 0.15) is 6.33 Å². The molecule has 14 heavy (non-hydrogen) atoms. The van der Waals surface area contributed by atoms with E-state index in [0.29, 0.717) is 12.0 Å². The topological polar surface area (TPSA) is 37.8 Å². The van der Waals surface area contributed by atoms with E-state index >= 15 is 0 Å². The monoisotopic (exact) mass is 193 g/mol. The van der Waals surface area contributed by atoms with Gasteiger partial charge in [-0.3, -0.25) is 0 Å². The van der Waals surface area contributed by atoms with E-state index in [1.165, 1.54) is 0 Å². The Labute approximate surface area is 86.0 Å². The summed E-state index contributed by atoms with van der Waals surface area (Å²) in [6.45, 7) is 6.46. The van der Waals surface area contributed by atoms with Crippen LogP contribution in [0.15, 0.2) is 12.4 Å². The van der Waals surface area contributed by atoms with Crippen LogP contribution in [0.4, 0.5) is 0 Å². The lowest BCUT2D eigenvalue weighted by atomic mass is 9.99. The average molecular weight is 193 g/mol. The number of likely N-dealkylation sites (N-methyl/N-ethyl adjacent to an activating group) is 1.